The number of ether oxygens (including phenoxy) is 1. The maximum Gasteiger partial charge on any atom is 0.316 e. The van der Waals surface area contributed by atoms with Gasteiger partial charge in [0.15, 0.2) is 0 Å². The van der Waals surface area contributed by atoms with Crippen molar-refractivity contribution in [1.82, 2.24) is 4.98 Å². The fourth-order valence-corrected chi connectivity index (χ4v) is 1.99. The highest BCUT2D eigenvalue weighted by Crippen LogP contribution is 2.24. The van der Waals surface area contributed by atoms with E-state index in [1.54, 1.807) is 36.4 Å². The van der Waals surface area contributed by atoms with Crippen LogP contribution in [0.15, 0.2) is 42.6 Å². The van der Waals surface area contributed by atoms with Crippen molar-refractivity contribution in [1.29, 1.82) is 0 Å². The molecule has 0 radical (unpaired) electrons. The maximum absolute atomic E-state index is 11.7. The molecule has 2 rings (SSSR count). The lowest BCUT2D eigenvalue weighted by Crippen LogP contribution is -2.19. The third-order valence-corrected chi connectivity index (χ3v) is 3.16. The van der Waals surface area contributed by atoms with Crippen molar-refractivity contribution in [2.75, 3.05) is 16.5 Å². The molecule has 24 heavy (non-hydrogen) atoms. The molecule has 0 fully saturated rings. The van der Waals surface area contributed by atoms with Crippen LogP contribution in [0.1, 0.15) is 12.8 Å². The Labute approximate surface area is 144 Å². The molecule has 0 unspecified atom stereocenters. The van der Waals surface area contributed by atoms with Crippen molar-refractivity contribution in [2.45, 2.75) is 12.8 Å². The molecule has 0 bridgehead atoms. The molecule has 126 valence electrons. The van der Waals surface area contributed by atoms with Gasteiger partial charge < -0.3 is 21.1 Å². The zero-order valence-electron chi connectivity index (χ0n) is 12.8. The average Bonchev–Trinajstić information content (AvgIpc) is 2.55. The van der Waals surface area contributed by atoms with Crippen LogP contribution in [0, 0.1) is 0 Å². The Morgan fingerprint density at radius 2 is 1.88 bits per heavy atom. The van der Waals surface area contributed by atoms with Crippen LogP contribution >= 0.6 is 11.6 Å². The zero-order valence-corrected chi connectivity index (χ0v) is 13.5. The predicted molar refractivity (Wildman–Crippen MR) is 92.5 cm³/mol. The number of anilines is 2. The van der Waals surface area contributed by atoms with Crippen LogP contribution in [0.4, 0.5) is 16.3 Å². The zero-order chi connectivity index (χ0) is 17.4. The van der Waals surface area contributed by atoms with Gasteiger partial charge in [-0.3, -0.25) is 4.79 Å². The van der Waals surface area contributed by atoms with Gasteiger partial charge >= 0.3 is 6.03 Å². The summed E-state index contributed by atoms with van der Waals surface area (Å²) in [5.74, 6) is 1.77. The van der Waals surface area contributed by atoms with Crippen LogP contribution in [0.25, 0.3) is 0 Å². The predicted octanol–water partition coefficient (Wildman–Crippen LogP) is 3.32. The molecule has 7 nitrogen and oxygen atoms in total. The van der Waals surface area contributed by atoms with Crippen LogP contribution in [0.3, 0.4) is 0 Å². The topological polar surface area (TPSA) is 106 Å². The summed E-state index contributed by atoms with van der Waals surface area (Å²) < 4.78 is 5.69. The number of aromatic nitrogens is 1. The fraction of sp³-hybridized carbons (Fsp3) is 0.188. The smallest absolute Gasteiger partial charge is 0.316 e. The van der Waals surface area contributed by atoms with Crippen molar-refractivity contribution < 1.29 is 14.3 Å². The molecule has 8 heteroatoms. The van der Waals surface area contributed by atoms with E-state index in [0.29, 0.717) is 41.7 Å². The number of carbonyl (C=O) groups excluding carboxylic acids is 2. The van der Waals surface area contributed by atoms with Gasteiger partial charge in [-0.15, -0.1) is 11.6 Å². The van der Waals surface area contributed by atoms with E-state index < -0.39 is 6.03 Å². The average molecular weight is 349 g/mol. The Morgan fingerprint density at radius 3 is 2.54 bits per heavy atom. The number of amides is 3. The normalized spacial score (nSPS) is 10.0. The van der Waals surface area contributed by atoms with Crippen molar-refractivity contribution in [2.24, 2.45) is 5.73 Å². The lowest BCUT2D eigenvalue weighted by molar-refractivity contribution is -0.116. The van der Waals surface area contributed by atoms with Gasteiger partial charge in [-0.2, -0.15) is 0 Å². The first-order chi connectivity index (χ1) is 11.6. The van der Waals surface area contributed by atoms with Crippen LogP contribution in [0.5, 0.6) is 11.5 Å². The third-order valence-electron chi connectivity index (χ3n) is 2.89. The minimum Gasteiger partial charge on any atom is -0.457 e. The van der Waals surface area contributed by atoms with E-state index in [4.69, 9.17) is 22.1 Å². The molecule has 1 aromatic carbocycles. The molecule has 0 saturated heterocycles. The number of pyridine rings is 1. The summed E-state index contributed by atoms with van der Waals surface area (Å²) in [6.45, 7) is 0. The molecule has 0 saturated carbocycles. The quantitative estimate of drug-likeness (QED) is 0.667. The van der Waals surface area contributed by atoms with Crippen LogP contribution in [0.2, 0.25) is 0 Å². The monoisotopic (exact) mass is 348 g/mol. The molecule has 4 N–H and O–H groups in total. The summed E-state index contributed by atoms with van der Waals surface area (Å²) in [6, 6.07) is 9.35. The Kier molecular flexibility index (Phi) is 6.39. The Hall–Kier alpha value is -2.80. The Morgan fingerprint density at radius 1 is 1.12 bits per heavy atom. The number of rotatable bonds is 7. The van der Waals surface area contributed by atoms with Crippen molar-refractivity contribution in [3.63, 3.8) is 0 Å². The molecule has 3 amide bonds. The molecule has 1 aromatic heterocycles. The molecule has 0 aliphatic rings. The van der Waals surface area contributed by atoms with E-state index in [-0.39, 0.29) is 5.91 Å². The van der Waals surface area contributed by atoms with E-state index in [1.165, 1.54) is 6.20 Å². The third kappa shape index (κ3) is 5.77. The van der Waals surface area contributed by atoms with Gasteiger partial charge in [0.25, 0.3) is 0 Å². The summed E-state index contributed by atoms with van der Waals surface area (Å²) in [4.78, 5) is 26.5. The van der Waals surface area contributed by atoms with Gasteiger partial charge in [0.2, 0.25) is 5.91 Å². The second kappa shape index (κ2) is 8.73. The van der Waals surface area contributed by atoms with E-state index in [2.05, 4.69) is 15.6 Å². The number of urea groups is 1. The van der Waals surface area contributed by atoms with Crippen molar-refractivity contribution in [3.8, 4) is 11.5 Å². The summed E-state index contributed by atoms with van der Waals surface area (Å²) in [5, 5.41) is 5.14. The second-order valence-electron chi connectivity index (χ2n) is 4.83. The van der Waals surface area contributed by atoms with Gasteiger partial charge in [-0.1, -0.05) is 0 Å². The number of nitrogens with one attached hydrogen (secondary N) is 2. The second-order valence-corrected chi connectivity index (χ2v) is 5.21. The standard InChI is InChI=1S/C16H17ClN4O3/c17-8-1-2-15(22)21-14-10-13(7-9-19-14)24-12-5-3-11(4-6-12)20-16(18)23/h3-7,9-10H,1-2,8H2,(H3,18,20,23)(H,19,21,22). The van der Waals surface area contributed by atoms with Gasteiger partial charge in [0.05, 0.1) is 0 Å². The number of nitrogens with zero attached hydrogens (tertiary/aromatic N) is 1. The SMILES string of the molecule is NC(=O)Nc1ccc(Oc2ccnc(NC(=O)CCCCl)c2)cc1. The minimum atomic E-state index is -0.632. The molecule has 1 heterocycles. The summed E-state index contributed by atoms with van der Waals surface area (Å²) >= 11 is 5.56. The Bertz CT molecular complexity index is 707. The number of hydrogen-bond donors (Lipinski definition) is 3. The number of halogens is 1. The Balaban J connectivity index is 1.98. The van der Waals surface area contributed by atoms with Gasteiger partial charge in [-0.05, 0) is 36.8 Å². The highest BCUT2D eigenvalue weighted by atomic mass is 35.5. The summed E-state index contributed by atoms with van der Waals surface area (Å²) in [6.07, 6.45) is 2.48. The van der Waals surface area contributed by atoms with Crippen molar-refractivity contribution >= 4 is 35.0 Å². The van der Waals surface area contributed by atoms with E-state index in [0.717, 1.165) is 0 Å². The number of primary amides is 1. The van der Waals surface area contributed by atoms with Crippen LogP contribution in [-0.2, 0) is 4.79 Å². The lowest BCUT2D eigenvalue weighted by Gasteiger charge is -2.09. The van der Waals surface area contributed by atoms with E-state index >= 15 is 0 Å². The first kappa shape index (κ1) is 17.6. The number of carbonyl (C=O) groups is 2. The molecule has 0 aliphatic heterocycles. The van der Waals surface area contributed by atoms with E-state index in [9.17, 15) is 9.59 Å². The number of benzene rings is 1. The van der Waals surface area contributed by atoms with Crippen LogP contribution < -0.4 is 21.1 Å². The van der Waals surface area contributed by atoms with Gasteiger partial charge in [0.1, 0.15) is 17.3 Å². The minimum absolute atomic E-state index is 0.151. The summed E-state index contributed by atoms with van der Waals surface area (Å²) in [5.41, 5.74) is 5.61. The molecule has 0 spiro atoms. The number of hydrogen-bond acceptors (Lipinski definition) is 4. The fourth-order valence-electron chi connectivity index (χ4n) is 1.86. The van der Waals surface area contributed by atoms with Gasteiger partial charge in [0, 0.05) is 30.3 Å². The molecule has 0 atom stereocenters. The first-order valence-electron chi connectivity index (χ1n) is 7.23. The van der Waals surface area contributed by atoms with Crippen LogP contribution in [-0.4, -0.2) is 22.8 Å². The maximum atomic E-state index is 11.7. The molecule has 2 aromatic rings. The van der Waals surface area contributed by atoms with Gasteiger partial charge in [-0.25, -0.2) is 9.78 Å². The number of alkyl halides is 1. The van der Waals surface area contributed by atoms with Crippen molar-refractivity contribution in [3.05, 3.63) is 42.6 Å². The summed E-state index contributed by atoms with van der Waals surface area (Å²) in [7, 11) is 0. The highest BCUT2D eigenvalue weighted by molar-refractivity contribution is 6.18. The molecular weight excluding hydrogens is 332 g/mol. The van der Waals surface area contributed by atoms with E-state index in [1.807, 2.05) is 0 Å². The first-order valence-corrected chi connectivity index (χ1v) is 7.76. The molecular formula is C16H17ClN4O3. The molecule has 0 aliphatic carbocycles. The number of nitrogens with two attached hydrogens (primary N) is 1. The highest BCUT2D eigenvalue weighted by Gasteiger charge is 2.05. The lowest BCUT2D eigenvalue weighted by atomic mass is 10.3. The largest absolute Gasteiger partial charge is 0.457 e.